The third kappa shape index (κ3) is 4.44. The van der Waals surface area contributed by atoms with E-state index in [1.807, 2.05) is 44.2 Å². The zero-order valence-corrected chi connectivity index (χ0v) is 17.9. The number of hydrogen-bond acceptors (Lipinski definition) is 5. The molecule has 160 valence electrons. The summed E-state index contributed by atoms with van der Waals surface area (Å²) in [5.41, 5.74) is 1.98. The van der Waals surface area contributed by atoms with Crippen molar-refractivity contribution in [1.82, 2.24) is 19.9 Å². The summed E-state index contributed by atoms with van der Waals surface area (Å²) in [6.45, 7) is 4.68. The van der Waals surface area contributed by atoms with Crippen molar-refractivity contribution in [3.63, 3.8) is 0 Å². The average molecular weight is 426 g/mol. The quantitative estimate of drug-likeness (QED) is 0.496. The lowest BCUT2D eigenvalue weighted by molar-refractivity contribution is 0.0957. The summed E-state index contributed by atoms with van der Waals surface area (Å²) in [6.07, 6.45) is 3.29. The lowest BCUT2D eigenvalue weighted by Gasteiger charge is -2.11. The van der Waals surface area contributed by atoms with Gasteiger partial charge >= 0.3 is 0 Å². The van der Waals surface area contributed by atoms with Gasteiger partial charge < -0.3 is 14.6 Å². The highest BCUT2D eigenvalue weighted by molar-refractivity contribution is 5.97. The van der Waals surface area contributed by atoms with E-state index < -0.39 is 5.91 Å². The number of amides is 1. The number of carbonyl (C=O) groups is 1. The second-order valence-electron chi connectivity index (χ2n) is 7.16. The molecule has 32 heavy (non-hydrogen) atoms. The van der Waals surface area contributed by atoms with Gasteiger partial charge in [-0.05, 0) is 44.2 Å². The molecule has 3 aromatic heterocycles. The molecule has 0 bridgehead atoms. The first-order chi connectivity index (χ1) is 15.6. The molecular formula is C25H22N4O3. The van der Waals surface area contributed by atoms with Crippen LogP contribution in [0, 0.1) is 18.8 Å². The molecule has 0 spiro atoms. The van der Waals surface area contributed by atoms with E-state index in [4.69, 9.17) is 4.74 Å². The number of benzene rings is 1. The van der Waals surface area contributed by atoms with Gasteiger partial charge in [-0.2, -0.15) is 0 Å². The van der Waals surface area contributed by atoms with E-state index in [0.29, 0.717) is 23.3 Å². The van der Waals surface area contributed by atoms with Gasteiger partial charge in [-0.15, -0.1) is 0 Å². The number of rotatable bonds is 5. The van der Waals surface area contributed by atoms with Gasteiger partial charge in [-0.25, -0.2) is 4.98 Å². The molecule has 4 aromatic rings. The van der Waals surface area contributed by atoms with Crippen molar-refractivity contribution in [2.45, 2.75) is 20.4 Å². The minimum atomic E-state index is -0.463. The van der Waals surface area contributed by atoms with Crippen molar-refractivity contribution in [2.75, 3.05) is 13.2 Å². The highest BCUT2D eigenvalue weighted by Crippen LogP contribution is 2.18. The van der Waals surface area contributed by atoms with Crippen LogP contribution in [0.3, 0.4) is 0 Å². The normalized spacial score (nSPS) is 10.6. The molecule has 0 aliphatic heterocycles. The van der Waals surface area contributed by atoms with Crippen LogP contribution in [-0.4, -0.2) is 33.6 Å². The standard InChI is InChI=1S/C25H22N4O3/c1-3-29-16-21(23(30)20-11-8-17(2)28-24(20)29)25(31)27-12-4-5-14-32-19-10-9-18-7-6-13-26-22(18)15-19/h6-11,13,15-16H,3,12,14H2,1-2H3,(H,27,31). The molecule has 7 nitrogen and oxygen atoms in total. The van der Waals surface area contributed by atoms with Crippen molar-refractivity contribution >= 4 is 27.8 Å². The van der Waals surface area contributed by atoms with Crippen molar-refractivity contribution in [2.24, 2.45) is 0 Å². The summed E-state index contributed by atoms with van der Waals surface area (Å²) in [4.78, 5) is 34.1. The van der Waals surface area contributed by atoms with E-state index in [1.165, 1.54) is 0 Å². The van der Waals surface area contributed by atoms with Crippen LogP contribution < -0.4 is 15.5 Å². The monoisotopic (exact) mass is 426 g/mol. The zero-order chi connectivity index (χ0) is 22.5. The molecule has 0 atom stereocenters. The molecule has 0 radical (unpaired) electrons. The number of hydrogen-bond donors (Lipinski definition) is 1. The maximum Gasteiger partial charge on any atom is 0.257 e. The van der Waals surface area contributed by atoms with Crippen LogP contribution in [0.2, 0.25) is 0 Å². The number of fused-ring (bicyclic) bond motifs is 2. The molecule has 4 rings (SSSR count). The lowest BCUT2D eigenvalue weighted by Crippen LogP contribution is -2.30. The van der Waals surface area contributed by atoms with E-state index in [2.05, 4.69) is 27.1 Å². The fraction of sp³-hybridized carbons (Fsp3) is 0.200. The molecule has 1 amide bonds. The maximum atomic E-state index is 12.8. The second kappa shape index (κ2) is 9.31. The Labute approximate surface area is 185 Å². The summed E-state index contributed by atoms with van der Waals surface area (Å²) >= 11 is 0. The Kier molecular flexibility index (Phi) is 6.13. The third-order valence-corrected chi connectivity index (χ3v) is 5.00. The van der Waals surface area contributed by atoms with Crippen LogP contribution in [0.5, 0.6) is 5.75 Å². The van der Waals surface area contributed by atoms with Crippen LogP contribution in [0.15, 0.2) is 59.7 Å². The number of nitrogens with zero attached hydrogens (tertiary/aromatic N) is 3. The largest absolute Gasteiger partial charge is 0.481 e. The molecule has 0 unspecified atom stereocenters. The number of aromatic nitrogens is 3. The van der Waals surface area contributed by atoms with Gasteiger partial charge in [0.1, 0.15) is 23.6 Å². The molecule has 7 heteroatoms. The van der Waals surface area contributed by atoms with Crippen molar-refractivity contribution < 1.29 is 9.53 Å². The van der Waals surface area contributed by atoms with Gasteiger partial charge in [0.15, 0.2) is 0 Å². The van der Waals surface area contributed by atoms with E-state index in [-0.39, 0.29) is 24.1 Å². The second-order valence-corrected chi connectivity index (χ2v) is 7.16. The van der Waals surface area contributed by atoms with Gasteiger partial charge in [0.05, 0.1) is 17.4 Å². The van der Waals surface area contributed by atoms with Crippen molar-refractivity contribution in [3.05, 3.63) is 76.3 Å². The first-order valence-corrected chi connectivity index (χ1v) is 10.3. The molecule has 0 saturated heterocycles. The summed E-state index contributed by atoms with van der Waals surface area (Å²) in [7, 11) is 0. The average Bonchev–Trinajstić information content (AvgIpc) is 2.81. The van der Waals surface area contributed by atoms with Crippen LogP contribution in [-0.2, 0) is 6.54 Å². The third-order valence-electron chi connectivity index (χ3n) is 5.00. The predicted molar refractivity (Wildman–Crippen MR) is 124 cm³/mol. The summed E-state index contributed by atoms with van der Waals surface area (Å²) < 4.78 is 7.43. The van der Waals surface area contributed by atoms with Crippen molar-refractivity contribution in [1.29, 1.82) is 0 Å². The summed E-state index contributed by atoms with van der Waals surface area (Å²) in [5.74, 6) is 5.92. The molecule has 0 fully saturated rings. The van der Waals surface area contributed by atoms with Gasteiger partial charge in [0.25, 0.3) is 5.91 Å². The molecule has 0 aliphatic rings. The van der Waals surface area contributed by atoms with E-state index >= 15 is 0 Å². The van der Waals surface area contributed by atoms with E-state index in [9.17, 15) is 9.59 Å². The first kappa shape index (κ1) is 21.1. The Morgan fingerprint density at radius 1 is 1.19 bits per heavy atom. The Morgan fingerprint density at radius 2 is 2.06 bits per heavy atom. The van der Waals surface area contributed by atoms with Gasteiger partial charge in [0, 0.05) is 36.1 Å². The Bertz CT molecular complexity index is 1430. The van der Waals surface area contributed by atoms with Gasteiger partial charge in [-0.3, -0.25) is 14.6 Å². The zero-order valence-electron chi connectivity index (χ0n) is 17.9. The molecule has 0 saturated carbocycles. The molecule has 3 heterocycles. The van der Waals surface area contributed by atoms with Crippen LogP contribution in [0.1, 0.15) is 23.0 Å². The first-order valence-electron chi connectivity index (χ1n) is 10.3. The molecular weight excluding hydrogens is 404 g/mol. The lowest BCUT2D eigenvalue weighted by atomic mass is 10.1. The minimum Gasteiger partial charge on any atom is -0.481 e. The Balaban J connectivity index is 1.38. The number of nitrogens with one attached hydrogen (secondary N) is 1. The maximum absolute atomic E-state index is 12.8. The highest BCUT2D eigenvalue weighted by Gasteiger charge is 2.15. The highest BCUT2D eigenvalue weighted by atomic mass is 16.5. The van der Waals surface area contributed by atoms with Gasteiger partial charge in [-0.1, -0.05) is 17.9 Å². The van der Waals surface area contributed by atoms with E-state index in [0.717, 1.165) is 16.6 Å². The Morgan fingerprint density at radius 3 is 2.91 bits per heavy atom. The Hall–Kier alpha value is -4.18. The van der Waals surface area contributed by atoms with Gasteiger partial charge in [0.2, 0.25) is 5.43 Å². The summed E-state index contributed by atoms with van der Waals surface area (Å²) in [5, 5.41) is 4.14. The molecule has 1 N–H and O–H groups in total. The van der Waals surface area contributed by atoms with Crippen molar-refractivity contribution in [3.8, 4) is 17.6 Å². The smallest absolute Gasteiger partial charge is 0.257 e. The number of aryl methyl sites for hydroxylation is 2. The topological polar surface area (TPSA) is 86.1 Å². The molecule has 1 aromatic carbocycles. The number of pyridine rings is 3. The van der Waals surface area contributed by atoms with Crippen LogP contribution >= 0.6 is 0 Å². The summed E-state index contributed by atoms with van der Waals surface area (Å²) in [6, 6.07) is 13.0. The van der Waals surface area contributed by atoms with Crippen LogP contribution in [0.25, 0.3) is 21.9 Å². The minimum absolute atomic E-state index is 0.0757. The fourth-order valence-corrected chi connectivity index (χ4v) is 3.35. The van der Waals surface area contributed by atoms with E-state index in [1.54, 1.807) is 29.1 Å². The number of carbonyl (C=O) groups excluding carboxylic acids is 1. The molecule has 0 aliphatic carbocycles. The predicted octanol–water partition coefficient (Wildman–Crippen LogP) is 3.09. The fourth-order valence-electron chi connectivity index (χ4n) is 3.35. The SMILES string of the molecule is CCn1cc(C(=O)NCC#CCOc2ccc3cccnc3c2)c(=O)c2ccc(C)nc21. The number of ether oxygens (including phenoxy) is 1. The van der Waals surface area contributed by atoms with Crippen LogP contribution in [0.4, 0.5) is 0 Å².